The van der Waals surface area contributed by atoms with Crippen LogP contribution in [0.15, 0.2) is 6.33 Å². The Bertz CT molecular complexity index is 365. The van der Waals surface area contributed by atoms with Crippen LogP contribution in [-0.4, -0.2) is 30.9 Å². The highest BCUT2D eigenvalue weighted by Crippen LogP contribution is 2.28. The largest absolute Gasteiger partial charge is 0.490 e. The monoisotopic (exact) mass is 212 g/mol. The lowest BCUT2D eigenvalue weighted by atomic mass is 9.93. The molecule has 1 aliphatic rings. The summed E-state index contributed by atoms with van der Waals surface area (Å²) in [6.45, 7) is 0. The van der Waals surface area contributed by atoms with Crippen LogP contribution >= 0.6 is 0 Å². The summed E-state index contributed by atoms with van der Waals surface area (Å²) < 4.78 is 1.40. The summed E-state index contributed by atoms with van der Waals surface area (Å²) in [5.41, 5.74) is 0. The van der Waals surface area contributed by atoms with Crippen molar-refractivity contribution in [3.63, 3.8) is 0 Å². The van der Waals surface area contributed by atoms with E-state index in [0.717, 1.165) is 25.7 Å². The number of nitrogens with zero attached hydrogens (tertiary/aromatic N) is 4. The summed E-state index contributed by atoms with van der Waals surface area (Å²) in [6, 6.07) is -0.167. The first kappa shape index (κ1) is 10.0. The van der Waals surface area contributed by atoms with Gasteiger partial charge >= 0.3 is 5.95 Å². The van der Waals surface area contributed by atoms with Crippen LogP contribution in [0.1, 0.15) is 31.7 Å². The van der Waals surface area contributed by atoms with Gasteiger partial charge in [0.1, 0.15) is 0 Å². The van der Waals surface area contributed by atoms with E-state index in [-0.39, 0.29) is 6.04 Å². The van der Waals surface area contributed by atoms with E-state index in [1.807, 2.05) is 0 Å². The van der Waals surface area contributed by atoms with Gasteiger partial charge in [0.25, 0.3) is 0 Å². The van der Waals surface area contributed by atoms with Crippen molar-refractivity contribution in [2.45, 2.75) is 37.8 Å². The molecule has 1 heterocycles. The Balaban J connectivity index is 2.17. The SMILES string of the molecule is O=[N+]([O-])c1ncn(C2CCCCC2O)n1. The molecule has 0 radical (unpaired) electrons. The second-order valence-electron chi connectivity index (χ2n) is 3.70. The predicted molar refractivity (Wildman–Crippen MR) is 50.2 cm³/mol. The fraction of sp³-hybridized carbons (Fsp3) is 0.750. The van der Waals surface area contributed by atoms with E-state index in [2.05, 4.69) is 10.1 Å². The van der Waals surface area contributed by atoms with Gasteiger partial charge in [0.05, 0.1) is 12.1 Å². The van der Waals surface area contributed by atoms with Crippen LogP contribution in [0.3, 0.4) is 0 Å². The molecule has 82 valence electrons. The quantitative estimate of drug-likeness (QED) is 0.574. The molecule has 1 aromatic rings. The number of hydrogen-bond donors (Lipinski definition) is 1. The van der Waals surface area contributed by atoms with E-state index in [1.54, 1.807) is 0 Å². The lowest BCUT2D eigenvalue weighted by Gasteiger charge is -2.25. The molecule has 2 atom stereocenters. The molecular weight excluding hydrogens is 200 g/mol. The number of nitro groups is 1. The maximum absolute atomic E-state index is 10.4. The zero-order valence-corrected chi connectivity index (χ0v) is 8.11. The summed E-state index contributed by atoms with van der Waals surface area (Å²) in [6.07, 6.45) is 4.36. The lowest BCUT2D eigenvalue weighted by molar-refractivity contribution is -0.394. The first-order valence-electron chi connectivity index (χ1n) is 4.92. The van der Waals surface area contributed by atoms with Crippen LogP contribution in [-0.2, 0) is 0 Å². The van der Waals surface area contributed by atoms with Gasteiger partial charge in [-0.05, 0) is 17.8 Å². The Kier molecular flexibility index (Phi) is 2.63. The molecule has 0 bridgehead atoms. The van der Waals surface area contributed by atoms with Crippen LogP contribution in [0.4, 0.5) is 5.95 Å². The number of aliphatic hydroxyl groups excluding tert-OH is 1. The molecule has 0 aromatic carbocycles. The molecule has 0 amide bonds. The Labute approximate surface area is 85.9 Å². The van der Waals surface area contributed by atoms with Gasteiger partial charge in [-0.2, -0.15) is 4.68 Å². The molecule has 1 aromatic heterocycles. The van der Waals surface area contributed by atoms with Gasteiger partial charge < -0.3 is 15.2 Å². The topological polar surface area (TPSA) is 94.1 Å². The molecule has 0 spiro atoms. The normalized spacial score (nSPS) is 26.5. The van der Waals surface area contributed by atoms with Crippen molar-refractivity contribution in [3.8, 4) is 0 Å². The summed E-state index contributed by atoms with van der Waals surface area (Å²) >= 11 is 0. The highest BCUT2D eigenvalue weighted by molar-refractivity contribution is 4.98. The maximum Gasteiger partial charge on any atom is 0.490 e. The van der Waals surface area contributed by atoms with Gasteiger partial charge in [-0.15, -0.1) is 0 Å². The minimum absolute atomic E-state index is 0.167. The third kappa shape index (κ3) is 1.96. The van der Waals surface area contributed by atoms with Crippen molar-refractivity contribution in [2.24, 2.45) is 0 Å². The second kappa shape index (κ2) is 3.93. The van der Waals surface area contributed by atoms with Gasteiger partial charge in [-0.3, -0.25) is 0 Å². The Morgan fingerprint density at radius 3 is 2.87 bits per heavy atom. The molecule has 7 nitrogen and oxygen atoms in total. The zero-order valence-electron chi connectivity index (χ0n) is 8.11. The highest BCUT2D eigenvalue weighted by Gasteiger charge is 2.28. The first-order valence-corrected chi connectivity index (χ1v) is 4.92. The molecule has 2 rings (SSSR count). The molecule has 1 saturated carbocycles. The van der Waals surface area contributed by atoms with Crippen LogP contribution in [0.2, 0.25) is 0 Å². The van der Waals surface area contributed by atoms with E-state index in [9.17, 15) is 15.2 Å². The molecule has 15 heavy (non-hydrogen) atoms. The molecule has 2 unspecified atom stereocenters. The summed E-state index contributed by atoms with van der Waals surface area (Å²) in [5, 5.41) is 23.8. The fourth-order valence-electron chi connectivity index (χ4n) is 1.91. The molecule has 1 N–H and O–H groups in total. The Morgan fingerprint density at radius 1 is 1.53 bits per heavy atom. The van der Waals surface area contributed by atoms with Crippen molar-refractivity contribution in [2.75, 3.05) is 0 Å². The van der Waals surface area contributed by atoms with Gasteiger partial charge in [0.15, 0.2) is 0 Å². The van der Waals surface area contributed by atoms with Crippen LogP contribution in [0.5, 0.6) is 0 Å². The summed E-state index contributed by atoms with van der Waals surface area (Å²) in [4.78, 5) is 13.3. The second-order valence-corrected chi connectivity index (χ2v) is 3.70. The molecule has 7 heteroatoms. The minimum atomic E-state index is -0.633. The van der Waals surface area contributed by atoms with Gasteiger partial charge in [0, 0.05) is 5.10 Å². The van der Waals surface area contributed by atoms with Crippen molar-refractivity contribution < 1.29 is 10.0 Å². The van der Waals surface area contributed by atoms with Gasteiger partial charge in [-0.1, -0.05) is 17.8 Å². The van der Waals surface area contributed by atoms with Gasteiger partial charge in [-0.25, -0.2) is 0 Å². The zero-order chi connectivity index (χ0) is 10.8. The number of aliphatic hydroxyl groups is 1. The summed E-state index contributed by atoms with van der Waals surface area (Å²) in [5.74, 6) is -0.409. The number of rotatable bonds is 2. The highest BCUT2D eigenvalue weighted by atomic mass is 16.6. The maximum atomic E-state index is 10.4. The third-order valence-electron chi connectivity index (χ3n) is 2.69. The van der Waals surface area contributed by atoms with Crippen LogP contribution in [0.25, 0.3) is 0 Å². The van der Waals surface area contributed by atoms with Crippen molar-refractivity contribution >= 4 is 5.95 Å². The van der Waals surface area contributed by atoms with Crippen molar-refractivity contribution in [1.29, 1.82) is 0 Å². The molecule has 1 aliphatic carbocycles. The fourth-order valence-corrected chi connectivity index (χ4v) is 1.91. The Morgan fingerprint density at radius 2 is 2.27 bits per heavy atom. The van der Waals surface area contributed by atoms with Crippen LogP contribution < -0.4 is 0 Å². The minimum Gasteiger partial charge on any atom is -0.391 e. The van der Waals surface area contributed by atoms with Crippen molar-refractivity contribution in [3.05, 3.63) is 16.4 Å². The standard InChI is InChI=1S/C8H12N4O3/c13-7-4-2-1-3-6(7)11-5-9-8(10-11)12(14)15/h5-7,13H,1-4H2. The molecule has 0 saturated heterocycles. The third-order valence-corrected chi connectivity index (χ3v) is 2.69. The Hall–Kier alpha value is -1.50. The van der Waals surface area contributed by atoms with E-state index in [1.165, 1.54) is 11.0 Å². The number of hydrogen-bond acceptors (Lipinski definition) is 5. The first-order chi connectivity index (χ1) is 7.18. The van der Waals surface area contributed by atoms with Crippen molar-refractivity contribution in [1.82, 2.24) is 14.8 Å². The smallest absolute Gasteiger partial charge is 0.391 e. The average Bonchev–Trinajstić information content (AvgIpc) is 2.67. The van der Waals surface area contributed by atoms with Crippen LogP contribution in [0, 0.1) is 10.1 Å². The van der Waals surface area contributed by atoms with E-state index in [0.29, 0.717) is 0 Å². The van der Waals surface area contributed by atoms with E-state index in [4.69, 9.17) is 0 Å². The molecule has 0 aliphatic heterocycles. The van der Waals surface area contributed by atoms with E-state index < -0.39 is 17.0 Å². The van der Waals surface area contributed by atoms with Gasteiger partial charge in [0.2, 0.25) is 6.33 Å². The molecular formula is C8H12N4O3. The lowest BCUT2D eigenvalue weighted by Crippen LogP contribution is -2.27. The number of aromatic nitrogens is 3. The molecule has 1 fully saturated rings. The summed E-state index contributed by atoms with van der Waals surface area (Å²) in [7, 11) is 0. The predicted octanol–water partition coefficient (Wildman–Crippen LogP) is 0.662. The van der Waals surface area contributed by atoms with E-state index >= 15 is 0 Å². The average molecular weight is 212 g/mol.